The van der Waals surface area contributed by atoms with E-state index in [1.807, 2.05) is 0 Å². The molecule has 23 heavy (non-hydrogen) atoms. The van der Waals surface area contributed by atoms with Gasteiger partial charge in [0.2, 0.25) is 0 Å². The number of hydrogen-bond acceptors (Lipinski definition) is 3. The molecule has 0 aliphatic rings. The zero-order valence-electron chi connectivity index (χ0n) is 10.6. The molecule has 3 nitrogen and oxygen atoms in total. The van der Waals surface area contributed by atoms with Crippen molar-refractivity contribution in [1.29, 1.82) is 0 Å². The van der Waals surface area contributed by atoms with Crippen LogP contribution in [0.4, 0.5) is 53.1 Å². The lowest BCUT2D eigenvalue weighted by Gasteiger charge is -2.22. The van der Waals surface area contributed by atoms with Gasteiger partial charge < -0.3 is 9.47 Å². The molecule has 0 amide bonds. The van der Waals surface area contributed by atoms with Crippen molar-refractivity contribution < 1.29 is 62.6 Å². The number of alkyl halides is 11. The molecule has 0 unspecified atom stereocenters. The third kappa shape index (κ3) is 7.07. The highest BCUT2D eigenvalue weighted by Gasteiger charge is 2.60. The van der Waals surface area contributed by atoms with Crippen LogP contribution in [0, 0.1) is 0 Å². The van der Waals surface area contributed by atoms with Gasteiger partial charge >= 0.3 is 30.6 Å². The molecule has 0 atom stereocenters. The number of rotatable bonds is 5. The van der Waals surface area contributed by atoms with E-state index in [0.29, 0.717) is 0 Å². The summed E-state index contributed by atoms with van der Waals surface area (Å²) in [5, 5.41) is 0. The van der Waals surface area contributed by atoms with E-state index in [4.69, 9.17) is 0 Å². The summed E-state index contributed by atoms with van der Waals surface area (Å²) in [5.74, 6) is -5.15. The largest absolute Gasteiger partial charge is 0.509 e. The lowest BCUT2D eigenvalue weighted by molar-refractivity contribution is -0.310. The van der Waals surface area contributed by atoms with Gasteiger partial charge in [0.05, 0.1) is 6.61 Å². The Bertz CT molecular complexity index is 381. The van der Waals surface area contributed by atoms with E-state index in [2.05, 4.69) is 9.47 Å². The van der Waals surface area contributed by atoms with Crippen LogP contribution in [-0.2, 0) is 9.47 Å². The van der Waals surface area contributed by atoms with Gasteiger partial charge in [0.1, 0.15) is 0 Å². The summed E-state index contributed by atoms with van der Waals surface area (Å²) in [5.41, 5.74) is 0. The zero-order valence-corrected chi connectivity index (χ0v) is 10.6. The highest BCUT2D eigenvalue weighted by molar-refractivity contribution is 5.60. The predicted octanol–water partition coefficient (Wildman–Crippen LogP) is 4.61. The maximum atomic E-state index is 12.4. The van der Waals surface area contributed by atoms with E-state index in [1.54, 1.807) is 0 Å². The first-order valence-electron chi connectivity index (χ1n) is 5.40. The molecule has 0 saturated heterocycles. The highest BCUT2D eigenvalue weighted by atomic mass is 19.4. The highest BCUT2D eigenvalue weighted by Crippen LogP contribution is 2.39. The quantitative estimate of drug-likeness (QED) is 0.402. The molecule has 0 radical (unpaired) electrons. The van der Waals surface area contributed by atoms with Crippen LogP contribution in [0.1, 0.15) is 12.8 Å². The van der Waals surface area contributed by atoms with Gasteiger partial charge in [0.15, 0.2) is 0 Å². The van der Waals surface area contributed by atoms with Gasteiger partial charge in [-0.15, -0.1) is 0 Å². The van der Waals surface area contributed by atoms with E-state index in [0.717, 1.165) is 0 Å². The first-order chi connectivity index (χ1) is 9.98. The Hall–Kier alpha value is -1.50. The van der Waals surface area contributed by atoms with Crippen LogP contribution < -0.4 is 0 Å². The number of carbonyl (C=O) groups is 1. The number of ether oxygens (including phenoxy) is 2. The van der Waals surface area contributed by atoms with Crippen LogP contribution in [0.5, 0.6) is 0 Å². The minimum absolute atomic E-state index is 1.18. The van der Waals surface area contributed by atoms with Crippen LogP contribution in [0.2, 0.25) is 0 Å². The van der Waals surface area contributed by atoms with Crippen molar-refractivity contribution >= 4 is 6.16 Å². The van der Waals surface area contributed by atoms with E-state index < -0.39 is 56.2 Å². The first-order valence-corrected chi connectivity index (χ1v) is 5.40. The van der Waals surface area contributed by atoms with Crippen molar-refractivity contribution in [3.8, 4) is 0 Å². The van der Waals surface area contributed by atoms with Crippen molar-refractivity contribution in [3.05, 3.63) is 0 Å². The SMILES string of the molecule is O=C(OCCCC(F)(F)C(F)(F)F)OC(C(F)(F)F)C(F)(F)F. The predicted molar refractivity (Wildman–Crippen MR) is 48.6 cm³/mol. The maximum Gasteiger partial charge on any atom is 0.509 e. The second-order valence-corrected chi connectivity index (χ2v) is 3.99. The molecular weight excluding hydrogens is 365 g/mol. The smallest absolute Gasteiger partial charge is 0.434 e. The molecule has 0 aromatic rings. The van der Waals surface area contributed by atoms with Crippen molar-refractivity contribution in [3.63, 3.8) is 0 Å². The summed E-state index contributed by atoms with van der Waals surface area (Å²) in [6.45, 7) is -1.30. The molecular formula is C9H7F11O3. The average molecular weight is 372 g/mol. The summed E-state index contributed by atoms with van der Waals surface area (Å²) < 4.78 is 138. The molecule has 0 spiro atoms. The minimum atomic E-state index is -6.01. The topological polar surface area (TPSA) is 35.5 Å². The molecule has 0 aromatic carbocycles. The van der Waals surface area contributed by atoms with Gasteiger partial charge in [0.25, 0.3) is 6.10 Å². The van der Waals surface area contributed by atoms with Gasteiger partial charge in [-0.1, -0.05) is 0 Å². The molecule has 0 saturated carbocycles. The molecule has 0 rings (SSSR count). The molecule has 0 aliphatic carbocycles. The van der Waals surface area contributed by atoms with E-state index in [-0.39, 0.29) is 0 Å². The Kier molecular flexibility index (Phi) is 6.49. The van der Waals surface area contributed by atoms with Crippen molar-refractivity contribution in [1.82, 2.24) is 0 Å². The summed E-state index contributed by atoms with van der Waals surface area (Å²) in [7, 11) is 0. The molecule has 14 heteroatoms. The second kappa shape index (κ2) is 6.95. The Morgan fingerprint density at radius 1 is 0.826 bits per heavy atom. The fraction of sp³-hybridized carbons (Fsp3) is 0.889. The first kappa shape index (κ1) is 21.5. The number of halogens is 11. The normalized spacial score (nSPS) is 14.1. The average Bonchev–Trinajstić information content (AvgIpc) is 2.27. The van der Waals surface area contributed by atoms with Crippen LogP contribution in [-0.4, -0.2) is 43.3 Å². The maximum absolute atomic E-state index is 12.4. The monoisotopic (exact) mass is 372 g/mol. The van der Waals surface area contributed by atoms with Crippen LogP contribution >= 0.6 is 0 Å². The minimum Gasteiger partial charge on any atom is -0.434 e. The molecule has 0 aliphatic heterocycles. The molecule has 0 fully saturated rings. The summed E-state index contributed by atoms with van der Waals surface area (Å²) in [6.07, 6.45) is -28.0. The van der Waals surface area contributed by atoms with Crippen LogP contribution in [0.3, 0.4) is 0 Å². The van der Waals surface area contributed by atoms with E-state index >= 15 is 0 Å². The van der Waals surface area contributed by atoms with E-state index in [1.165, 1.54) is 0 Å². The second-order valence-electron chi connectivity index (χ2n) is 3.99. The standard InChI is InChI=1S/C9H7F11O3/c10-6(11,9(18,19)20)2-1-3-22-5(21)23-4(7(12,13)14)8(15,16)17/h4H,1-3H2. The lowest BCUT2D eigenvalue weighted by Crippen LogP contribution is -2.45. The van der Waals surface area contributed by atoms with Crippen molar-refractivity contribution in [2.24, 2.45) is 0 Å². The fourth-order valence-corrected chi connectivity index (χ4v) is 1.04. The third-order valence-corrected chi connectivity index (χ3v) is 2.08. The molecule has 138 valence electrons. The third-order valence-electron chi connectivity index (χ3n) is 2.08. The lowest BCUT2D eigenvalue weighted by atomic mass is 10.2. The van der Waals surface area contributed by atoms with E-state index in [9.17, 15) is 53.1 Å². The summed E-state index contributed by atoms with van der Waals surface area (Å²) >= 11 is 0. The Morgan fingerprint density at radius 3 is 1.61 bits per heavy atom. The van der Waals surface area contributed by atoms with Crippen molar-refractivity contribution in [2.45, 2.75) is 43.4 Å². The molecule has 0 N–H and O–H groups in total. The molecule has 0 heterocycles. The van der Waals surface area contributed by atoms with Gasteiger partial charge in [-0.05, 0) is 6.42 Å². The summed E-state index contributed by atoms with van der Waals surface area (Å²) in [4.78, 5) is 10.6. The number of hydrogen-bond donors (Lipinski definition) is 0. The Labute approximate surface area is 120 Å². The van der Waals surface area contributed by atoms with Gasteiger partial charge in [-0.25, -0.2) is 4.79 Å². The summed E-state index contributed by atoms with van der Waals surface area (Å²) in [6, 6.07) is 0. The Balaban J connectivity index is 4.42. The van der Waals surface area contributed by atoms with Gasteiger partial charge in [-0.3, -0.25) is 0 Å². The van der Waals surface area contributed by atoms with Crippen LogP contribution in [0.25, 0.3) is 0 Å². The zero-order chi connectivity index (χ0) is 18.7. The number of carbonyl (C=O) groups excluding carboxylic acids is 1. The Morgan fingerprint density at radius 2 is 1.26 bits per heavy atom. The van der Waals surface area contributed by atoms with Crippen LogP contribution in [0.15, 0.2) is 0 Å². The van der Waals surface area contributed by atoms with Gasteiger partial charge in [-0.2, -0.15) is 48.3 Å². The fourth-order valence-electron chi connectivity index (χ4n) is 1.04. The van der Waals surface area contributed by atoms with Crippen molar-refractivity contribution in [2.75, 3.05) is 6.61 Å². The molecule has 0 bridgehead atoms. The van der Waals surface area contributed by atoms with Gasteiger partial charge in [0, 0.05) is 6.42 Å². The molecule has 0 aromatic heterocycles.